The Morgan fingerprint density at radius 2 is 2.05 bits per heavy atom. The minimum Gasteiger partial charge on any atom is -0.464 e. The highest BCUT2D eigenvalue weighted by molar-refractivity contribution is 5.93. The Hall–Kier alpha value is -1.69. The molecule has 0 radical (unpaired) electrons. The molecule has 1 amide bonds. The number of ketones is 1. The maximum Gasteiger partial charge on any atom is 0.354 e. The highest BCUT2D eigenvalue weighted by atomic mass is 16.5. The molecule has 1 fully saturated rings. The Morgan fingerprint density at radius 1 is 1.37 bits per heavy atom. The zero-order valence-corrected chi connectivity index (χ0v) is 11.4. The maximum absolute atomic E-state index is 11.6. The van der Waals surface area contributed by atoms with Crippen molar-refractivity contribution in [1.82, 2.24) is 5.32 Å². The average Bonchev–Trinajstić information content (AvgIpc) is 2.38. The number of methoxy groups -OCH3 is 2. The van der Waals surface area contributed by atoms with Gasteiger partial charge >= 0.3 is 5.97 Å². The van der Waals surface area contributed by atoms with E-state index in [9.17, 15) is 14.4 Å². The Bertz CT molecular complexity index is 402. The molecule has 1 rings (SSSR count). The third-order valence-corrected chi connectivity index (χ3v) is 3.06. The molecule has 0 saturated heterocycles. The molecule has 106 valence electrons. The first kappa shape index (κ1) is 15.4. The van der Waals surface area contributed by atoms with Gasteiger partial charge in [-0.1, -0.05) is 0 Å². The van der Waals surface area contributed by atoms with Crippen LogP contribution >= 0.6 is 0 Å². The average molecular weight is 269 g/mol. The Morgan fingerprint density at radius 3 is 2.58 bits per heavy atom. The van der Waals surface area contributed by atoms with E-state index in [0.29, 0.717) is 19.3 Å². The largest absolute Gasteiger partial charge is 0.464 e. The number of nitrogens with one attached hydrogen (secondary N) is 1. The fourth-order valence-electron chi connectivity index (χ4n) is 2.11. The molecule has 2 unspecified atom stereocenters. The van der Waals surface area contributed by atoms with E-state index in [4.69, 9.17) is 4.74 Å². The zero-order chi connectivity index (χ0) is 14.4. The van der Waals surface area contributed by atoms with Crippen LogP contribution in [0.25, 0.3) is 0 Å². The Kier molecular flexibility index (Phi) is 5.69. The number of Topliss-reactive ketones (excluding diaryl/α,β-unsaturated/α-hetero) is 1. The third-order valence-electron chi connectivity index (χ3n) is 3.06. The first-order chi connectivity index (χ1) is 8.97. The van der Waals surface area contributed by atoms with Gasteiger partial charge in [-0.15, -0.1) is 0 Å². The van der Waals surface area contributed by atoms with E-state index in [1.165, 1.54) is 21.1 Å². The van der Waals surface area contributed by atoms with E-state index in [1.807, 2.05) is 0 Å². The molecule has 1 aliphatic rings. The van der Waals surface area contributed by atoms with Crippen molar-refractivity contribution in [3.05, 3.63) is 11.8 Å². The summed E-state index contributed by atoms with van der Waals surface area (Å²) in [5, 5.41) is 2.44. The van der Waals surface area contributed by atoms with Crippen LogP contribution < -0.4 is 5.32 Å². The van der Waals surface area contributed by atoms with Crippen molar-refractivity contribution < 1.29 is 23.9 Å². The Balaban J connectivity index is 2.89. The van der Waals surface area contributed by atoms with Crippen LogP contribution in [-0.2, 0) is 23.9 Å². The number of hydrogen-bond donors (Lipinski definition) is 1. The van der Waals surface area contributed by atoms with Gasteiger partial charge in [-0.05, 0) is 12.5 Å². The van der Waals surface area contributed by atoms with Gasteiger partial charge in [0.1, 0.15) is 11.5 Å². The molecule has 1 N–H and O–H groups in total. The first-order valence-corrected chi connectivity index (χ1v) is 6.10. The minimum atomic E-state index is -0.609. The fraction of sp³-hybridized carbons (Fsp3) is 0.615. The van der Waals surface area contributed by atoms with Crippen LogP contribution in [-0.4, -0.2) is 38.0 Å². The monoisotopic (exact) mass is 269 g/mol. The van der Waals surface area contributed by atoms with E-state index >= 15 is 0 Å². The van der Waals surface area contributed by atoms with Crippen LogP contribution in [0.4, 0.5) is 0 Å². The van der Waals surface area contributed by atoms with E-state index in [1.54, 1.807) is 6.08 Å². The van der Waals surface area contributed by atoms with Crippen molar-refractivity contribution in [3.8, 4) is 0 Å². The number of ether oxygens (including phenoxy) is 2. The van der Waals surface area contributed by atoms with Crippen LogP contribution in [0.1, 0.15) is 26.2 Å². The quantitative estimate of drug-likeness (QED) is 0.596. The van der Waals surface area contributed by atoms with Gasteiger partial charge in [0.05, 0.1) is 13.2 Å². The second kappa shape index (κ2) is 7.04. The van der Waals surface area contributed by atoms with Gasteiger partial charge in [0.25, 0.3) is 0 Å². The first-order valence-electron chi connectivity index (χ1n) is 6.10. The molecular formula is C13H19NO5. The highest BCUT2D eigenvalue weighted by Crippen LogP contribution is 2.26. The SMILES string of the molecule is COC(=O)/C(=C/C1CCC(=O)CC1OC)NC(C)=O. The third kappa shape index (κ3) is 4.48. The van der Waals surface area contributed by atoms with Crippen LogP contribution in [0.2, 0.25) is 0 Å². The zero-order valence-electron chi connectivity index (χ0n) is 11.4. The molecule has 1 aliphatic carbocycles. The van der Waals surface area contributed by atoms with Gasteiger partial charge in [-0.3, -0.25) is 9.59 Å². The lowest BCUT2D eigenvalue weighted by Crippen LogP contribution is -2.33. The van der Waals surface area contributed by atoms with Gasteiger partial charge in [0, 0.05) is 32.8 Å². The lowest BCUT2D eigenvalue weighted by atomic mass is 9.85. The molecule has 0 bridgehead atoms. The van der Waals surface area contributed by atoms with E-state index in [-0.39, 0.29) is 29.4 Å². The molecule has 19 heavy (non-hydrogen) atoms. The summed E-state index contributed by atoms with van der Waals surface area (Å²) >= 11 is 0. The Labute approximate surface area is 112 Å². The van der Waals surface area contributed by atoms with Crippen molar-refractivity contribution in [2.75, 3.05) is 14.2 Å². The number of carbonyl (C=O) groups is 3. The molecule has 0 aliphatic heterocycles. The molecule has 1 saturated carbocycles. The molecule has 0 heterocycles. The molecule has 0 aromatic carbocycles. The maximum atomic E-state index is 11.6. The van der Waals surface area contributed by atoms with Crippen molar-refractivity contribution in [1.29, 1.82) is 0 Å². The highest BCUT2D eigenvalue weighted by Gasteiger charge is 2.29. The van der Waals surface area contributed by atoms with Crippen molar-refractivity contribution in [2.45, 2.75) is 32.3 Å². The predicted molar refractivity (Wildman–Crippen MR) is 67.1 cm³/mol. The topological polar surface area (TPSA) is 81.7 Å². The molecule has 0 aromatic rings. The van der Waals surface area contributed by atoms with Crippen LogP contribution in [0, 0.1) is 5.92 Å². The summed E-state index contributed by atoms with van der Waals surface area (Å²) in [6, 6.07) is 0. The lowest BCUT2D eigenvalue weighted by molar-refractivity contribution is -0.137. The van der Waals surface area contributed by atoms with Crippen LogP contribution in [0.15, 0.2) is 11.8 Å². The summed E-state index contributed by atoms with van der Waals surface area (Å²) in [5.41, 5.74) is 0.0939. The van der Waals surface area contributed by atoms with Gasteiger partial charge in [-0.2, -0.15) is 0 Å². The molecule has 0 aromatic heterocycles. The van der Waals surface area contributed by atoms with Crippen LogP contribution in [0.3, 0.4) is 0 Å². The van der Waals surface area contributed by atoms with Crippen molar-refractivity contribution >= 4 is 17.7 Å². The smallest absolute Gasteiger partial charge is 0.354 e. The standard InChI is InChI=1S/C13H19NO5/c1-8(15)14-11(13(17)19-3)6-9-4-5-10(16)7-12(9)18-2/h6,9,12H,4-5,7H2,1-3H3,(H,14,15)/b11-6-. The van der Waals surface area contributed by atoms with Gasteiger partial charge in [0.2, 0.25) is 5.91 Å². The molecule has 6 heteroatoms. The molecule has 0 spiro atoms. The van der Waals surface area contributed by atoms with Crippen molar-refractivity contribution in [3.63, 3.8) is 0 Å². The van der Waals surface area contributed by atoms with Gasteiger partial charge in [0.15, 0.2) is 0 Å². The van der Waals surface area contributed by atoms with Gasteiger partial charge in [-0.25, -0.2) is 4.79 Å². The normalized spacial score (nSPS) is 23.9. The molecule has 2 atom stereocenters. The number of amides is 1. The molecular weight excluding hydrogens is 250 g/mol. The summed E-state index contributed by atoms with van der Waals surface area (Å²) in [6.45, 7) is 1.31. The van der Waals surface area contributed by atoms with E-state index < -0.39 is 5.97 Å². The minimum absolute atomic E-state index is 0.0938. The summed E-state index contributed by atoms with van der Waals surface area (Å²) in [7, 11) is 2.77. The molecule has 6 nitrogen and oxygen atoms in total. The number of hydrogen-bond acceptors (Lipinski definition) is 5. The van der Waals surface area contributed by atoms with E-state index in [0.717, 1.165) is 0 Å². The number of esters is 1. The summed E-state index contributed by atoms with van der Waals surface area (Å²) in [5.74, 6) is -0.904. The van der Waals surface area contributed by atoms with Crippen LogP contribution in [0.5, 0.6) is 0 Å². The summed E-state index contributed by atoms with van der Waals surface area (Å²) in [4.78, 5) is 34.0. The predicted octanol–water partition coefficient (Wildman–Crippen LogP) is 0.564. The lowest BCUT2D eigenvalue weighted by Gasteiger charge is -2.27. The van der Waals surface area contributed by atoms with E-state index in [2.05, 4.69) is 10.1 Å². The van der Waals surface area contributed by atoms with Crippen molar-refractivity contribution in [2.24, 2.45) is 5.92 Å². The second-order valence-corrected chi connectivity index (χ2v) is 4.47. The number of rotatable bonds is 4. The summed E-state index contributed by atoms with van der Waals surface area (Å²) < 4.78 is 9.88. The fourth-order valence-corrected chi connectivity index (χ4v) is 2.11. The summed E-state index contributed by atoms with van der Waals surface area (Å²) in [6.07, 6.45) is 2.72. The van der Waals surface area contributed by atoms with Gasteiger partial charge < -0.3 is 14.8 Å². The second-order valence-electron chi connectivity index (χ2n) is 4.47. The number of carbonyl (C=O) groups excluding carboxylic acids is 3.